The van der Waals surface area contributed by atoms with Crippen LogP contribution in [0, 0.1) is 0 Å². The van der Waals surface area contributed by atoms with Gasteiger partial charge in [-0.15, -0.1) is 0 Å². The topological polar surface area (TPSA) is 77.7 Å². The van der Waals surface area contributed by atoms with Crippen molar-refractivity contribution in [2.24, 2.45) is 0 Å². The molecule has 1 amide bonds. The van der Waals surface area contributed by atoms with Crippen molar-refractivity contribution in [1.29, 1.82) is 0 Å². The highest BCUT2D eigenvalue weighted by atomic mass is 19.1. The van der Waals surface area contributed by atoms with Crippen LogP contribution in [-0.4, -0.2) is 54.4 Å². The molecule has 2 aromatic rings. The third kappa shape index (κ3) is 4.42. The van der Waals surface area contributed by atoms with E-state index in [0.29, 0.717) is 38.4 Å². The van der Waals surface area contributed by atoms with Crippen LogP contribution in [-0.2, 0) is 21.6 Å². The number of methoxy groups -OCH3 is 1. The molecule has 2 aliphatic heterocycles. The van der Waals surface area contributed by atoms with Crippen LogP contribution in [0.1, 0.15) is 48.9 Å². The minimum atomic E-state index is -1.77. The van der Waals surface area contributed by atoms with Gasteiger partial charge in [-0.2, -0.15) is 4.98 Å². The molecule has 1 unspecified atom stereocenters. The van der Waals surface area contributed by atoms with Crippen molar-refractivity contribution in [2.45, 2.75) is 43.7 Å². The van der Waals surface area contributed by atoms with Gasteiger partial charge in [0.2, 0.25) is 11.6 Å². The Bertz CT molecular complexity index is 835. The average molecular weight is 403 g/mol. The third-order valence-corrected chi connectivity index (χ3v) is 5.77. The summed E-state index contributed by atoms with van der Waals surface area (Å²) in [6.07, 6.45) is 2.74. The Balaban J connectivity index is 1.33. The lowest BCUT2D eigenvalue weighted by Gasteiger charge is -2.19. The molecule has 4 rings (SSSR count). The summed E-state index contributed by atoms with van der Waals surface area (Å²) in [6, 6.07) is 7.61. The van der Waals surface area contributed by atoms with Gasteiger partial charge in [-0.25, -0.2) is 4.39 Å². The number of aromatic nitrogens is 2. The van der Waals surface area contributed by atoms with Gasteiger partial charge in [0.25, 0.3) is 5.89 Å². The Kier molecular flexibility index (Phi) is 5.80. The summed E-state index contributed by atoms with van der Waals surface area (Å²) >= 11 is 0. The first kappa shape index (κ1) is 19.8. The third-order valence-electron chi connectivity index (χ3n) is 5.77. The van der Waals surface area contributed by atoms with Gasteiger partial charge in [0.05, 0.1) is 13.7 Å². The predicted molar refractivity (Wildman–Crippen MR) is 102 cm³/mol. The molecule has 0 aliphatic carbocycles. The number of hydrogen-bond acceptors (Lipinski definition) is 6. The van der Waals surface area contributed by atoms with E-state index >= 15 is 4.39 Å². The van der Waals surface area contributed by atoms with Gasteiger partial charge in [0.15, 0.2) is 5.82 Å². The first-order valence-corrected chi connectivity index (χ1v) is 10.1. The number of ether oxygens (including phenoxy) is 2. The van der Waals surface area contributed by atoms with Crippen molar-refractivity contribution in [3.63, 3.8) is 0 Å². The summed E-state index contributed by atoms with van der Waals surface area (Å²) in [4.78, 5) is 18.5. The fraction of sp³-hybridized carbons (Fsp3) is 0.571. The molecule has 156 valence electrons. The SMILES string of the molecule is COc1ccc(CCC(=O)N2CCC(F)(c3nc(C4CCOCC4)no3)C2)cc1. The molecule has 1 aromatic heterocycles. The number of nitrogens with zero attached hydrogens (tertiary/aromatic N) is 3. The van der Waals surface area contributed by atoms with E-state index in [0.717, 1.165) is 24.2 Å². The van der Waals surface area contributed by atoms with Crippen molar-refractivity contribution in [1.82, 2.24) is 15.0 Å². The number of likely N-dealkylation sites (tertiary alicyclic amines) is 1. The Labute approximate surface area is 169 Å². The number of carbonyl (C=O) groups is 1. The second kappa shape index (κ2) is 8.49. The van der Waals surface area contributed by atoms with Crippen molar-refractivity contribution >= 4 is 5.91 Å². The molecule has 1 aromatic carbocycles. The molecule has 2 aliphatic rings. The lowest BCUT2D eigenvalue weighted by atomic mass is 9.99. The lowest BCUT2D eigenvalue weighted by Crippen LogP contribution is -2.32. The molecule has 2 fully saturated rings. The van der Waals surface area contributed by atoms with Crippen molar-refractivity contribution in [3.05, 3.63) is 41.5 Å². The number of aryl methyl sites for hydroxylation is 1. The first-order chi connectivity index (χ1) is 14.1. The molecule has 29 heavy (non-hydrogen) atoms. The maximum atomic E-state index is 15.5. The number of carbonyl (C=O) groups excluding carboxylic acids is 1. The smallest absolute Gasteiger partial charge is 0.266 e. The zero-order chi connectivity index (χ0) is 20.3. The minimum absolute atomic E-state index is 0.00977. The molecule has 0 saturated carbocycles. The van der Waals surface area contributed by atoms with E-state index in [4.69, 9.17) is 14.0 Å². The van der Waals surface area contributed by atoms with E-state index < -0.39 is 5.67 Å². The molecule has 2 saturated heterocycles. The Hall–Kier alpha value is -2.48. The lowest BCUT2D eigenvalue weighted by molar-refractivity contribution is -0.130. The maximum Gasteiger partial charge on any atom is 0.266 e. The molecule has 0 N–H and O–H groups in total. The molecule has 0 bridgehead atoms. The number of rotatable bonds is 6. The molecule has 8 heteroatoms. The molecule has 0 radical (unpaired) electrons. The molecular weight excluding hydrogens is 377 g/mol. The highest BCUT2D eigenvalue weighted by molar-refractivity contribution is 5.77. The van der Waals surface area contributed by atoms with Crippen LogP contribution in [0.5, 0.6) is 5.75 Å². The second-order valence-electron chi connectivity index (χ2n) is 7.72. The molecular formula is C21H26FN3O4. The average Bonchev–Trinajstić information content (AvgIpc) is 3.41. The van der Waals surface area contributed by atoms with E-state index in [-0.39, 0.29) is 30.7 Å². The van der Waals surface area contributed by atoms with E-state index in [1.165, 1.54) is 0 Å². The number of amides is 1. The summed E-state index contributed by atoms with van der Waals surface area (Å²) in [6.45, 7) is 1.63. The summed E-state index contributed by atoms with van der Waals surface area (Å²) in [5.41, 5.74) is -0.727. The number of alkyl halides is 1. The van der Waals surface area contributed by atoms with E-state index in [9.17, 15) is 4.79 Å². The van der Waals surface area contributed by atoms with Crippen LogP contribution in [0.4, 0.5) is 4.39 Å². The van der Waals surface area contributed by atoms with Gasteiger partial charge in [-0.1, -0.05) is 17.3 Å². The second-order valence-corrected chi connectivity index (χ2v) is 7.72. The largest absolute Gasteiger partial charge is 0.497 e. The summed E-state index contributed by atoms with van der Waals surface area (Å²) in [5.74, 6) is 1.40. The fourth-order valence-corrected chi connectivity index (χ4v) is 3.90. The van der Waals surface area contributed by atoms with Gasteiger partial charge in [-0.3, -0.25) is 4.79 Å². The monoisotopic (exact) mass is 403 g/mol. The summed E-state index contributed by atoms with van der Waals surface area (Å²) in [7, 11) is 1.62. The van der Waals surface area contributed by atoms with Crippen LogP contribution in [0.15, 0.2) is 28.8 Å². The van der Waals surface area contributed by atoms with E-state index in [1.54, 1.807) is 12.0 Å². The highest BCUT2D eigenvalue weighted by Crippen LogP contribution is 2.36. The van der Waals surface area contributed by atoms with Gasteiger partial charge in [0.1, 0.15) is 5.75 Å². The normalized spacial score (nSPS) is 22.8. The van der Waals surface area contributed by atoms with Gasteiger partial charge in [-0.05, 0) is 37.0 Å². The maximum absolute atomic E-state index is 15.5. The molecule has 1 atom stereocenters. The summed E-state index contributed by atoms with van der Waals surface area (Å²) in [5, 5.41) is 3.99. The van der Waals surface area contributed by atoms with Crippen LogP contribution < -0.4 is 4.74 Å². The number of benzene rings is 1. The molecule has 0 spiro atoms. The standard InChI is InChI=1S/C21H26FN3O4/c1-27-17-5-2-15(3-6-17)4-7-18(26)25-11-10-21(22,14-25)20-23-19(24-29-20)16-8-12-28-13-9-16/h2-3,5-6,16H,4,7-14H2,1H3. The Morgan fingerprint density at radius 3 is 2.79 bits per heavy atom. The zero-order valence-electron chi connectivity index (χ0n) is 16.6. The molecule has 3 heterocycles. The van der Waals surface area contributed by atoms with Gasteiger partial charge in [0, 0.05) is 38.5 Å². The van der Waals surface area contributed by atoms with Crippen molar-refractivity contribution < 1.29 is 23.2 Å². The van der Waals surface area contributed by atoms with E-state index in [2.05, 4.69) is 10.1 Å². The number of halogens is 1. The number of hydrogen-bond donors (Lipinski definition) is 0. The minimum Gasteiger partial charge on any atom is -0.497 e. The quantitative estimate of drug-likeness (QED) is 0.738. The van der Waals surface area contributed by atoms with Crippen molar-refractivity contribution in [2.75, 3.05) is 33.4 Å². The van der Waals surface area contributed by atoms with Crippen molar-refractivity contribution in [3.8, 4) is 5.75 Å². The van der Waals surface area contributed by atoms with E-state index in [1.807, 2.05) is 24.3 Å². The van der Waals surface area contributed by atoms with Crippen LogP contribution in [0.25, 0.3) is 0 Å². The summed E-state index contributed by atoms with van der Waals surface area (Å²) < 4.78 is 31.2. The van der Waals surface area contributed by atoms with Crippen LogP contribution in [0.3, 0.4) is 0 Å². The molecule has 7 nitrogen and oxygen atoms in total. The van der Waals surface area contributed by atoms with Crippen LogP contribution in [0.2, 0.25) is 0 Å². The van der Waals surface area contributed by atoms with Gasteiger partial charge < -0.3 is 18.9 Å². The van der Waals surface area contributed by atoms with Crippen LogP contribution >= 0.6 is 0 Å². The first-order valence-electron chi connectivity index (χ1n) is 10.1. The van der Waals surface area contributed by atoms with Gasteiger partial charge >= 0.3 is 0 Å². The Morgan fingerprint density at radius 1 is 1.31 bits per heavy atom. The Morgan fingerprint density at radius 2 is 2.07 bits per heavy atom. The fourth-order valence-electron chi connectivity index (χ4n) is 3.90. The highest BCUT2D eigenvalue weighted by Gasteiger charge is 2.46. The zero-order valence-corrected chi connectivity index (χ0v) is 16.6. The predicted octanol–water partition coefficient (Wildman–Crippen LogP) is 3.00.